The number of rotatable bonds is 3. The molecule has 3 rings (SSSR count). The predicted molar refractivity (Wildman–Crippen MR) is 87.6 cm³/mol. The summed E-state index contributed by atoms with van der Waals surface area (Å²) in [6.45, 7) is 2.15. The van der Waals surface area contributed by atoms with Gasteiger partial charge in [-0.1, -0.05) is 18.2 Å². The Morgan fingerprint density at radius 1 is 1.26 bits per heavy atom. The Balaban J connectivity index is 1.86. The quantitative estimate of drug-likeness (QED) is 0.744. The molecule has 2 aromatic carbocycles. The van der Waals surface area contributed by atoms with E-state index in [1.807, 2.05) is 24.6 Å². The standard InChI is InChI=1S/C18H18FN3O/c1-12-20-16-10-13(8-9-17(16)22(12)3)18(23)21(2)11-14-6-4-5-7-15(14)19/h4-10H,11H2,1-3H3. The molecule has 1 amide bonds. The summed E-state index contributed by atoms with van der Waals surface area (Å²) in [6.07, 6.45) is 0. The first-order chi connectivity index (χ1) is 11.0. The Hall–Kier alpha value is -2.69. The molecule has 0 atom stereocenters. The maximum Gasteiger partial charge on any atom is 0.253 e. The smallest absolute Gasteiger partial charge is 0.253 e. The molecule has 4 nitrogen and oxygen atoms in total. The van der Waals surface area contributed by atoms with Crippen LogP contribution in [0.2, 0.25) is 0 Å². The summed E-state index contributed by atoms with van der Waals surface area (Å²) in [5, 5.41) is 0. The summed E-state index contributed by atoms with van der Waals surface area (Å²) < 4.78 is 15.7. The molecular formula is C18H18FN3O. The third-order valence-corrected chi connectivity index (χ3v) is 4.06. The SMILES string of the molecule is Cc1nc2cc(C(=O)N(C)Cc3ccccc3F)ccc2n1C. The molecule has 0 bridgehead atoms. The fraction of sp³-hybridized carbons (Fsp3) is 0.222. The van der Waals surface area contributed by atoms with Crippen LogP contribution in [0.15, 0.2) is 42.5 Å². The van der Waals surface area contributed by atoms with Crippen LogP contribution in [0.4, 0.5) is 4.39 Å². The Morgan fingerprint density at radius 2 is 2.00 bits per heavy atom. The zero-order chi connectivity index (χ0) is 16.6. The Morgan fingerprint density at radius 3 is 2.74 bits per heavy atom. The molecule has 0 aliphatic carbocycles. The fourth-order valence-electron chi connectivity index (χ4n) is 2.63. The van der Waals surface area contributed by atoms with Gasteiger partial charge >= 0.3 is 0 Å². The van der Waals surface area contributed by atoms with Crippen molar-refractivity contribution in [3.05, 3.63) is 65.2 Å². The lowest BCUT2D eigenvalue weighted by Crippen LogP contribution is -2.26. The number of amides is 1. The number of aryl methyl sites for hydroxylation is 2. The van der Waals surface area contributed by atoms with E-state index in [1.54, 1.807) is 37.4 Å². The zero-order valence-electron chi connectivity index (χ0n) is 13.4. The normalized spacial score (nSPS) is 11.0. The molecule has 3 aromatic rings. The summed E-state index contributed by atoms with van der Waals surface area (Å²) in [7, 11) is 3.61. The maximum atomic E-state index is 13.7. The summed E-state index contributed by atoms with van der Waals surface area (Å²) in [5.41, 5.74) is 2.82. The van der Waals surface area contributed by atoms with Crippen molar-refractivity contribution in [3.63, 3.8) is 0 Å². The van der Waals surface area contributed by atoms with Crippen LogP contribution >= 0.6 is 0 Å². The molecule has 0 fully saturated rings. The number of carbonyl (C=O) groups is 1. The van der Waals surface area contributed by atoms with E-state index < -0.39 is 0 Å². The lowest BCUT2D eigenvalue weighted by Gasteiger charge is -2.17. The molecule has 0 radical (unpaired) electrons. The number of hydrogen-bond acceptors (Lipinski definition) is 2. The van der Waals surface area contributed by atoms with Crippen molar-refractivity contribution in [3.8, 4) is 0 Å². The van der Waals surface area contributed by atoms with E-state index in [1.165, 1.54) is 11.0 Å². The molecular weight excluding hydrogens is 293 g/mol. The van der Waals surface area contributed by atoms with Crippen molar-refractivity contribution in [2.75, 3.05) is 7.05 Å². The van der Waals surface area contributed by atoms with Crippen LogP contribution in [0, 0.1) is 12.7 Å². The second-order valence-electron chi connectivity index (χ2n) is 5.67. The lowest BCUT2D eigenvalue weighted by atomic mass is 10.1. The van der Waals surface area contributed by atoms with Crippen LogP contribution in [0.25, 0.3) is 11.0 Å². The van der Waals surface area contributed by atoms with E-state index in [-0.39, 0.29) is 18.3 Å². The van der Waals surface area contributed by atoms with E-state index in [0.717, 1.165) is 16.9 Å². The van der Waals surface area contributed by atoms with Crippen LogP contribution in [0.3, 0.4) is 0 Å². The first-order valence-electron chi connectivity index (χ1n) is 7.39. The van der Waals surface area contributed by atoms with Gasteiger partial charge in [0.2, 0.25) is 0 Å². The Kier molecular flexibility index (Phi) is 3.86. The minimum atomic E-state index is -0.303. The summed E-state index contributed by atoms with van der Waals surface area (Å²) in [4.78, 5) is 18.5. The fourth-order valence-corrected chi connectivity index (χ4v) is 2.63. The summed E-state index contributed by atoms with van der Waals surface area (Å²) in [6, 6.07) is 11.9. The highest BCUT2D eigenvalue weighted by Crippen LogP contribution is 2.18. The summed E-state index contributed by atoms with van der Waals surface area (Å²) >= 11 is 0. The van der Waals surface area contributed by atoms with Crippen LogP contribution < -0.4 is 0 Å². The highest BCUT2D eigenvalue weighted by molar-refractivity contribution is 5.97. The van der Waals surface area contributed by atoms with Gasteiger partial charge < -0.3 is 9.47 Å². The van der Waals surface area contributed by atoms with Gasteiger partial charge in [-0.05, 0) is 31.2 Å². The van der Waals surface area contributed by atoms with Crippen molar-refractivity contribution >= 4 is 16.9 Å². The van der Waals surface area contributed by atoms with Gasteiger partial charge in [0.05, 0.1) is 11.0 Å². The van der Waals surface area contributed by atoms with Gasteiger partial charge in [-0.15, -0.1) is 0 Å². The number of fused-ring (bicyclic) bond motifs is 1. The topological polar surface area (TPSA) is 38.1 Å². The van der Waals surface area contributed by atoms with Crippen molar-refractivity contribution in [1.29, 1.82) is 0 Å². The molecule has 1 aromatic heterocycles. The lowest BCUT2D eigenvalue weighted by molar-refractivity contribution is 0.0784. The van der Waals surface area contributed by atoms with Gasteiger partial charge in [0.15, 0.2) is 0 Å². The number of nitrogens with zero attached hydrogens (tertiary/aromatic N) is 3. The molecule has 5 heteroatoms. The number of benzene rings is 2. The molecule has 0 unspecified atom stereocenters. The zero-order valence-corrected chi connectivity index (χ0v) is 13.4. The molecule has 0 saturated carbocycles. The van der Waals surface area contributed by atoms with E-state index >= 15 is 0 Å². The molecule has 1 heterocycles. The number of hydrogen-bond donors (Lipinski definition) is 0. The Bertz CT molecular complexity index is 885. The minimum absolute atomic E-state index is 0.154. The van der Waals surface area contributed by atoms with E-state index in [0.29, 0.717) is 11.1 Å². The average molecular weight is 311 g/mol. The third-order valence-electron chi connectivity index (χ3n) is 4.06. The number of carbonyl (C=O) groups excluding carboxylic acids is 1. The minimum Gasteiger partial charge on any atom is -0.337 e. The van der Waals surface area contributed by atoms with E-state index in [9.17, 15) is 9.18 Å². The number of aromatic nitrogens is 2. The van der Waals surface area contributed by atoms with E-state index in [2.05, 4.69) is 4.98 Å². The Labute approximate surface area is 134 Å². The van der Waals surface area contributed by atoms with E-state index in [4.69, 9.17) is 0 Å². The highest BCUT2D eigenvalue weighted by atomic mass is 19.1. The van der Waals surface area contributed by atoms with Crippen molar-refractivity contribution in [1.82, 2.24) is 14.5 Å². The average Bonchev–Trinajstić information content (AvgIpc) is 2.83. The molecule has 0 N–H and O–H groups in total. The molecule has 0 aliphatic heterocycles. The van der Waals surface area contributed by atoms with Crippen molar-refractivity contribution in [2.24, 2.45) is 7.05 Å². The van der Waals surface area contributed by atoms with Gasteiger partial charge in [-0.3, -0.25) is 4.79 Å². The van der Waals surface area contributed by atoms with Gasteiger partial charge in [0.25, 0.3) is 5.91 Å². The third kappa shape index (κ3) is 2.82. The van der Waals surface area contributed by atoms with Crippen molar-refractivity contribution < 1.29 is 9.18 Å². The number of halogens is 1. The largest absolute Gasteiger partial charge is 0.337 e. The van der Waals surface area contributed by atoms with Crippen LogP contribution in [0.5, 0.6) is 0 Å². The second-order valence-corrected chi connectivity index (χ2v) is 5.67. The maximum absolute atomic E-state index is 13.7. The molecule has 0 saturated heterocycles. The second kappa shape index (κ2) is 5.83. The monoisotopic (exact) mass is 311 g/mol. The first kappa shape index (κ1) is 15.2. The molecule has 23 heavy (non-hydrogen) atoms. The van der Waals surface area contributed by atoms with Crippen LogP contribution in [-0.2, 0) is 13.6 Å². The number of imidazole rings is 1. The van der Waals surface area contributed by atoms with Crippen LogP contribution in [-0.4, -0.2) is 27.4 Å². The van der Waals surface area contributed by atoms with Gasteiger partial charge in [-0.2, -0.15) is 0 Å². The molecule has 0 spiro atoms. The van der Waals surface area contributed by atoms with Gasteiger partial charge in [-0.25, -0.2) is 9.37 Å². The summed E-state index contributed by atoms with van der Waals surface area (Å²) in [5.74, 6) is 0.436. The van der Waals surface area contributed by atoms with Crippen LogP contribution in [0.1, 0.15) is 21.7 Å². The van der Waals surface area contributed by atoms with Gasteiger partial charge in [0.1, 0.15) is 11.6 Å². The predicted octanol–water partition coefficient (Wildman–Crippen LogP) is 3.29. The highest BCUT2D eigenvalue weighted by Gasteiger charge is 2.15. The first-order valence-corrected chi connectivity index (χ1v) is 7.39. The van der Waals surface area contributed by atoms with Crippen molar-refractivity contribution in [2.45, 2.75) is 13.5 Å². The molecule has 0 aliphatic rings. The molecule has 118 valence electrons. The van der Waals surface area contributed by atoms with Gasteiger partial charge in [0, 0.05) is 31.8 Å².